The van der Waals surface area contributed by atoms with E-state index in [1.165, 1.54) is 27.1 Å². The highest BCUT2D eigenvalue weighted by Gasteiger charge is 2.34. The predicted molar refractivity (Wildman–Crippen MR) is 122 cm³/mol. The minimum atomic E-state index is -0.335. The molecular weight excluding hydrogens is 426 g/mol. The van der Waals surface area contributed by atoms with Crippen molar-refractivity contribution in [2.75, 3.05) is 13.2 Å². The quantitative estimate of drug-likeness (QED) is 0.422. The molecule has 7 nitrogen and oxygen atoms in total. The second-order valence-electron chi connectivity index (χ2n) is 7.34. The minimum Gasteiger partial charge on any atom is -0.494 e. The van der Waals surface area contributed by atoms with Gasteiger partial charge in [0.1, 0.15) is 10.6 Å². The van der Waals surface area contributed by atoms with Crippen LogP contribution < -0.4 is 10.3 Å². The van der Waals surface area contributed by atoms with Crippen molar-refractivity contribution in [3.63, 3.8) is 0 Å². The van der Waals surface area contributed by atoms with Gasteiger partial charge in [-0.25, -0.2) is 4.98 Å². The van der Waals surface area contributed by atoms with E-state index in [0.717, 1.165) is 16.9 Å². The number of imide groups is 1. The van der Waals surface area contributed by atoms with Crippen LogP contribution in [-0.4, -0.2) is 39.4 Å². The number of thiophene rings is 1. The lowest BCUT2D eigenvalue weighted by Crippen LogP contribution is -2.35. The number of carbonyl (C=O) groups excluding carboxylic acids is 2. The zero-order chi connectivity index (χ0) is 22.2. The van der Waals surface area contributed by atoms with E-state index in [2.05, 4.69) is 4.98 Å². The van der Waals surface area contributed by atoms with E-state index in [-0.39, 0.29) is 30.5 Å². The third-order valence-corrected chi connectivity index (χ3v) is 6.37. The maximum atomic E-state index is 13.3. The van der Waals surface area contributed by atoms with Crippen molar-refractivity contribution >= 4 is 33.4 Å². The Morgan fingerprint density at radius 3 is 2.25 bits per heavy atom. The van der Waals surface area contributed by atoms with Crippen LogP contribution in [0.25, 0.3) is 21.3 Å². The van der Waals surface area contributed by atoms with Gasteiger partial charge in [-0.05, 0) is 36.8 Å². The van der Waals surface area contributed by atoms with E-state index in [1.54, 1.807) is 24.3 Å². The predicted octanol–water partition coefficient (Wildman–Crippen LogP) is 3.82. The first-order valence-electron chi connectivity index (χ1n) is 10.2. The Kier molecular flexibility index (Phi) is 5.07. The van der Waals surface area contributed by atoms with Gasteiger partial charge < -0.3 is 4.74 Å². The highest BCUT2D eigenvalue weighted by atomic mass is 32.1. The molecule has 5 rings (SSSR count). The van der Waals surface area contributed by atoms with Gasteiger partial charge in [0.25, 0.3) is 17.4 Å². The fourth-order valence-corrected chi connectivity index (χ4v) is 4.79. The first-order chi connectivity index (χ1) is 15.6. The van der Waals surface area contributed by atoms with Gasteiger partial charge in [-0.2, -0.15) is 0 Å². The lowest BCUT2D eigenvalue weighted by molar-refractivity contribution is 0.0648. The molecule has 3 heterocycles. The van der Waals surface area contributed by atoms with Crippen LogP contribution in [0.3, 0.4) is 0 Å². The normalized spacial score (nSPS) is 13.1. The van der Waals surface area contributed by atoms with Gasteiger partial charge in [-0.15, -0.1) is 11.3 Å². The Labute approximate surface area is 187 Å². The molecule has 0 spiro atoms. The van der Waals surface area contributed by atoms with Gasteiger partial charge in [0.15, 0.2) is 0 Å². The molecule has 1 aliphatic rings. The summed E-state index contributed by atoms with van der Waals surface area (Å²) in [6.45, 7) is 2.78. The minimum absolute atomic E-state index is 0.0992. The maximum Gasteiger partial charge on any atom is 0.262 e. The Morgan fingerprint density at radius 1 is 0.906 bits per heavy atom. The van der Waals surface area contributed by atoms with Gasteiger partial charge in [-0.1, -0.05) is 24.3 Å². The van der Waals surface area contributed by atoms with Crippen LogP contribution in [0.2, 0.25) is 0 Å². The van der Waals surface area contributed by atoms with Crippen molar-refractivity contribution in [2.45, 2.75) is 13.5 Å². The molecule has 0 radical (unpaired) electrons. The Balaban J connectivity index is 1.43. The standard InChI is InChI=1S/C24H19N3O4S/c1-2-31-16-9-7-15(8-10-16)19-13-32-21-20(19)24(30)26(14-25-21)11-12-27-22(28)17-5-3-4-6-18(17)23(27)29/h3-10,13-14H,2,11-12H2,1H3. The van der Waals surface area contributed by atoms with Crippen molar-refractivity contribution in [1.82, 2.24) is 14.5 Å². The summed E-state index contributed by atoms with van der Waals surface area (Å²) in [6.07, 6.45) is 1.47. The summed E-state index contributed by atoms with van der Waals surface area (Å²) in [5.41, 5.74) is 2.30. The molecule has 4 aromatic rings. The number of benzene rings is 2. The van der Waals surface area contributed by atoms with Crippen LogP contribution in [0, 0.1) is 0 Å². The topological polar surface area (TPSA) is 81.5 Å². The smallest absolute Gasteiger partial charge is 0.262 e. The summed E-state index contributed by atoms with van der Waals surface area (Å²) in [6, 6.07) is 14.3. The number of hydrogen-bond acceptors (Lipinski definition) is 6. The number of aromatic nitrogens is 2. The summed E-state index contributed by atoms with van der Waals surface area (Å²) >= 11 is 1.41. The molecular formula is C24H19N3O4S. The average Bonchev–Trinajstić information content (AvgIpc) is 3.35. The van der Waals surface area contributed by atoms with Crippen LogP contribution >= 0.6 is 11.3 Å². The van der Waals surface area contributed by atoms with Crippen LogP contribution in [0.5, 0.6) is 5.75 Å². The number of amides is 2. The second-order valence-corrected chi connectivity index (χ2v) is 8.20. The summed E-state index contributed by atoms with van der Waals surface area (Å²) in [4.78, 5) is 44.7. The second kappa shape index (κ2) is 8.05. The van der Waals surface area contributed by atoms with Gasteiger partial charge >= 0.3 is 0 Å². The van der Waals surface area contributed by atoms with E-state index in [1.807, 2.05) is 36.6 Å². The summed E-state index contributed by atoms with van der Waals surface area (Å²) in [7, 11) is 0. The summed E-state index contributed by atoms with van der Waals surface area (Å²) < 4.78 is 6.95. The molecule has 0 saturated carbocycles. The summed E-state index contributed by atoms with van der Waals surface area (Å²) in [5, 5.41) is 2.45. The van der Waals surface area contributed by atoms with Crippen LogP contribution in [-0.2, 0) is 6.54 Å². The van der Waals surface area contributed by atoms with E-state index >= 15 is 0 Å². The van der Waals surface area contributed by atoms with Crippen LogP contribution in [0.15, 0.2) is 65.0 Å². The van der Waals surface area contributed by atoms with E-state index in [0.29, 0.717) is 28.0 Å². The van der Waals surface area contributed by atoms with Crippen molar-refractivity contribution in [3.05, 3.63) is 81.7 Å². The van der Waals surface area contributed by atoms with Gasteiger partial charge in [0.2, 0.25) is 0 Å². The molecule has 2 aromatic carbocycles. The molecule has 0 N–H and O–H groups in total. The van der Waals surface area contributed by atoms with E-state index < -0.39 is 0 Å². The zero-order valence-corrected chi connectivity index (χ0v) is 18.1. The van der Waals surface area contributed by atoms with Gasteiger partial charge in [0, 0.05) is 24.0 Å². The van der Waals surface area contributed by atoms with Crippen molar-refractivity contribution in [3.8, 4) is 16.9 Å². The number of nitrogens with zero attached hydrogens (tertiary/aromatic N) is 3. The molecule has 0 aliphatic carbocycles. The molecule has 8 heteroatoms. The Bertz CT molecular complexity index is 1370. The molecule has 1 aliphatic heterocycles. The molecule has 160 valence electrons. The largest absolute Gasteiger partial charge is 0.494 e. The average molecular weight is 446 g/mol. The Morgan fingerprint density at radius 2 is 1.59 bits per heavy atom. The molecule has 0 atom stereocenters. The third-order valence-electron chi connectivity index (χ3n) is 5.48. The fraction of sp³-hybridized carbons (Fsp3) is 0.167. The molecule has 2 amide bonds. The van der Waals surface area contributed by atoms with Crippen LogP contribution in [0.4, 0.5) is 0 Å². The lowest BCUT2D eigenvalue weighted by atomic mass is 10.1. The highest BCUT2D eigenvalue weighted by molar-refractivity contribution is 7.17. The van der Waals surface area contributed by atoms with Crippen molar-refractivity contribution in [2.24, 2.45) is 0 Å². The van der Waals surface area contributed by atoms with Gasteiger partial charge in [0.05, 0.1) is 29.4 Å². The molecule has 0 unspecified atom stereocenters. The first kappa shape index (κ1) is 20.1. The number of hydrogen-bond donors (Lipinski definition) is 0. The first-order valence-corrected chi connectivity index (χ1v) is 11.1. The highest BCUT2D eigenvalue weighted by Crippen LogP contribution is 2.31. The van der Waals surface area contributed by atoms with E-state index in [9.17, 15) is 14.4 Å². The molecule has 2 aromatic heterocycles. The van der Waals surface area contributed by atoms with Gasteiger partial charge in [-0.3, -0.25) is 23.9 Å². The molecule has 0 fully saturated rings. The summed E-state index contributed by atoms with van der Waals surface area (Å²) in [5.74, 6) is 0.101. The number of carbonyl (C=O) groups is 2. The Hall–Kier alpha value is -3.78. The van der Waals surface area contributed by atoms with E-state index in [4.69, 9.17) is 4.74 Å². The third kappa shape index (κ3) is 3.29. The number of fused-ring (bicyclic) bond motifs is 2. The SMILES string of the molecule is CCOc1ccc(-c2csc3ncn(CCN4C(=O)c5ccccc5C4=O)c(=O)c23)cc1. The lowest BCUT2D eigenvalue weighted by Gasteiger charge is -2.14. The maximum absolute atomic E-state index is 13.3. The van der Waals surface area contributed by atoms with Crippen molar-refractivity contribution < 1.29 is 14.3 Å². The number of rotatable bonds is 6. The zero-order valence-electron chi connectivity index (χ0n) is 17.3. The molecule has 32 heavy (non-hydrogen) atoms. The fourth-order valence-electron chi connectivity index (χ4n) is 3.89. The number of ether oxygens (including phenoxy) is 1. The van der Waals surface area contributed by atoms with Crippen molar-refractivity contribution in [1.29, 1.82) is 0 Å². The monoisotopic (exact) mass is 445 g/mol. The van der Waals surface area contributed by atoms with Crippen LogP contribution in [0.1, 0.15) is 27.6 Å². The molecule has 0 bridgehead atoms. The molecule has 0 saturated heterocycles.